The summed E-state index contributed by atoms with van der Waals surface area (Å²) in [5.41, 5.74) is 2.98. The first-order chi connectivity index (χ1) is 13.5. The van der Waals surface area contributed by atoms with Crippen molar-refractivity contribution in [3.8, 4) is 0 Å². The summed E-state index contributed by atoms with van der Waals surface area (Å²) in [7, 11) is 1.62. The minimum atomic E-state index is -0.0308. The van der Waals surface area contributed by atoms with E-state index < -0.39 is 0 Å². The number of methoxy groups -OCH3 is 1. The minimum Gasteiger partial charge on any atom is -0.383 e. The van der Waals surface area contributed by atoms with Crippen LogP contribution in [0.15, 0.2) is 64.5 Å². The van der Waals surface area contributed by atoms with Gasteiger partial charge in [-0.25, -0.2) is 0 Å². The second-order valence-electron chi connectivity index (χ2n) is 6.58. The number of carbonyl (C=O) groups excluding carboxylic acids is 2. The normalized spacial score (nSPS) is 14.2. The molecule has 0 unspecified atom stereocenters. The molecule has 6 heteroatoms. The zero-order valence-corrected chi connectivity index (χ0v) is 17.2. The van der Waals surface area contributed by atoms with Gasteiger partial charge in [0.2, 0.25) is 5.91 Å². The van der Waals surface area contributed by atoms with Crippen molar-refractivity contribution in [2.45, 2.75) is 25.3 Å². The van der Waals surface area contributed by atoms with Crippen LogP contribution in [0.25, 0.3) is 0 Å². The number of amides is 1. The Balaban J connectivity index is 1.99. The maximum Gasteiger partial charge on any atom is 0.223 e. The number of fused-ring (bicyclic) bond motifs is 1. The van der Waals surface area contributed by atoms with Gasteiger partial charge in [-0.05, 0) is 30.7 Å². The molecule has 2 aromatic carbocycles. The second-order valence-corrected chi connectivity index (χ2v) is 7.64. The van der Waals surface area contributed by atoms with Gasteiger partial charge in [-0.2, -0.15) is 0 Å². The van der Waals surface area contributed by atoms with Crippen molar-refractivity contribution < 1.29 is 14.3 Å². The van der Waals surface area contributed by atoms with E-state index in [0.717, 1.165) is 26.9 Å². The maximum atomic E-state index is 12.1. The summed E-state index contributed by atoms with van der Waals surface area (Å²) in [6, 6.07) is 16.1. The molecule has 0 N–H and O–H groups in total. The molecule has 1 aliphatic rings. The zero-order valence-electron chi connectivity index (χ0n) is 16.3. The Labute approximate surface area is 170 Å². The third kappa shape index (κ3) is 4.64. The summed E-state index contributed by atoms with van der Waals surface area (Å²) < 4.78 is 5.14. The van der Waals surface area contributed by atoms with Crippen LogP contribution in [0.2, 0.25) is 0 Å². The number of hydrogen-bond donors (Lipinski definition) is 0. The molecule has 0 atom stereocenters. The Morgan fingerprint density at radius 1 is 1.14 bits per heavy atom. The van der Waals surface area contributed by atoms with Gasteiger partial charge in [-0.3, -0.25) is 9.59 Å². The molecule has 28 heavy (non-hydrogen) atoms. The summed E-state index contributed by atoms with van der Waals surface area (Å²) in [5, 5.41) is 0.898. The molecule has 146 valence electrons. The Hall–Kier alpha value is -2.57. The van der Waals surface area contributed by atoms with E-state index in [1.807, 2.05) is 36.4 Å². The second kappa shape index (κ2) is 9.08. The number of thioether (sulfide) groups is 1. The standard InChI is InChI=1S/C22H24N2O3S/c1-16(25)13-22-24(15-18-7-5-4-6-8-18)20-14-19(9-10-21(20)28-22)23(17(2)26)11-12-27-3/h4-10,13-14H,11-12,15H2,1-3H3/b22-13-. The monoisotopic (exact) mass is 396 g/mol. The fourth-order valence-corrected chi connectivity index (χ4v) is 4.25. The number of ketones is 1. The van der Waals surface area contributed by atoms with E-state index in [1.54, 1.807) is 43.7 Å². The molecule has 0 aliphatic carbocycles. The van der Waals surface area contributed by atoms with Gasteiger partial charge >= 0.3 is 0 Å². The lowest BCUT2D eigenvalue weighted by Gasteiger charge is -2.24. The SMILES string of the molecule is COCCN(C(C)=O)c1ccc2c(c1)N(Cc1ccccc1)/C(=C/C(C)=O)S2. The van der Waals surface area contributed by atoms with Crippen molar-refractivity contribution in [3.63, 3.8) is 0 Å². The molecule has 5 nitrogen and oxygen atoms in total. The summed E-state index contributed by atoms with van der Waals surface area (Å²) in [6.45, 7) is 4.73. The molecular formula is C22H24N2O3S. The summed E-state index contributed by atoms with van der Waals surface area (Å²) in [6.07, 6.45) is 1.67. The van der Waals surface area contributed by atoms with E-state index in [4.69, 9.17) is 4.74 Å². The van der Waals surface area contributed by atoms with Crippen LogP contribution in [0, 0.1) is 0 Å². The van der Waals surface area contributed by atoms with E-state index in [-0.39, 0.29) is 11.7 Å². The topological polar surface area (TPSA) is 49.9 Å². The predicted octanol–water partition coefficient (Wildman–Crippen LogP) is 4.23. The van der Waals surface area contributed by atoms with Crippen molar-refractivity contribution in [2.24, 2.45) is 0 Å². The first kappa shape index (κ1) is 20.2. The molecular weight excluding hydrogens is 372 g/mol. The molecule has 0 aromatic heterocycles. The predicted molar refractivity (Wildman–Crippen MR) is 114 cm³/mol. The third-order valence-electron chi connectivity index (χ3n) is 4.43. The van der Waals surface area contributed by atoms with Crippen LogP contribution in [0.5, 0.6) is 0 Å². The van der Waals surface area contributed by atoms with Crippen LogP contribution in [0.1, 0.15) is 19.4 Å². The van der Waals surface area contributed by atoms with Crippen LogP contribution in [0.3, 0.4) is 0 Å². The Kier molecular flexibility index (Phi) is 6.54. The zero-order chi connectivity index (χ0) is 20.1. The van der Waals surface area contributed by atoms with Gasteiger partial charge in [0, 0.05) is 43.8 Å². The Morgan fingerprint density at radius 3 is 2.54 bits per heavy atom. The number of benzene rings is 2. The Bertz CT molecular complexity index is 896. The van der Waals surface area contributed by atoms with Gasteiger partial charge in [0.25, 0.3) is 0 Å². The van der Waals surface area contributed by atoms with Gasteiger partial charge in [0.05, 0.1) is 17.3 Å². The van der Waals surface area contributed by atoms with E-state index in [1.165, 1.54) is 0 Å². The highest BCUT2D eigenvalue weighted by molar-refractivity contribution is 8.03. The minimum absolute atomic E-state index is 0.0130. The Morgan fingerprint density at radius 2 is 1.89 bits per heavy atom. The number of rotatable bonds is 7. The molecule has 0 radical (unpaired) electrons. The lowest BCUT2D eigenvalue weighted by atomic mass is 10.2. The number of ether oxygens (including phenoxy) is 1. The molecule has 2 aromatic rings. The molecule has 0 saturated carbocycles. The molecule has 3 rings (SSSR count). The van der Waals surface area contributed by atoms with Gasteiger partial charge in [-0.1, -0.05) is 42.1 Å². The molecule has 0 spiro atoms. The molecule has 1 aliphatic heterocycles. The first-order valence-corrected chi connectivity index (χ1v) is 9.94. The fraction of sp³-hybridized carbons (Fsp3) is 0.273. The van der Waals surface area contributed by atoms with Crippen LogP contribution in [0.4, 0.5) is 11.4 Å². The van der Waals surface area contributed by atoms with Gasteiger partial charge in [-0.15, -0.1) is 0 Å². The smallest absolute Gasteiger partial charge is 0.223 e. The molecule has 0 saturated heterocycles. The average Bonchev–Trinajstić information content (AvgIpc) is 2.99. The van der Waals surface area contributed by atoms with Gasteiger partial charge < -0.3 is 14.5 Å². The van der Waals surface area contributed by atoms with Crippen LogP contribution in [-0.2, 0) is 20.9 Å². The van der Waals surface area contributed by atoms with Crippen molar-refractivity contribution in [3.05, 3.63) is 65.2 Å². The first-order valence-electron chi connectivity index (χ1n) is 9.12. The number of anilines is 2. The van der Waals surface area contributed by atoms with Gasteiger partial charge in [0.1, 0.15) is 0 Å². The van der Waals surface area contributed by atoms with E-state index in [0.29, 0.717) is 19.7 Å². The quantitative estimate of drug-likeness (QED) is 0.656. The molecule has 0 fully saturated rings. The highest BCUT2D eigenvalue weighted by Crippen LogP contribution is 2.48. The van der Waals surface area contributed by atoms with Crippen LogP contribution < -0.4 is 9.80 Å². The van der Waals surface area contributed by atoms with E-state index in [2.05, 4.69) is 17.0 Å². The van der Waals surface area contributed by atoms with Gasteiger partial charge in [0.15, 0.2) is 5.78 Å². The van der Waals surface area contributed by atoms with Crippen molar-refractivity contribution in [1.29, 1.82) is 0 Å². The molecule has 1 amide bonds. The third-order valence-corrected chi connectivity index (χ3v) is 5.55. The lowest BCUT2D eigenvalue weighted by molar-refractivity contribution is -0.116. The average molecular weight is 397 g/mol. The number of allylic oxidation sites excluding steroid dienone is 1. The maximum absolute atomic E-state index is 12.1. The van der Waals surface area contributed by atoms with E-state index >= 15 is 0 Å². The van der Waals surface area contributed by atoms with E-state index in [9.17, 15) is 9.59 Å². The number of nitrogens with zero attached hydrogens (tertiary/aromatic N) is 2. The largest absolute Gasteiger partial charge is 0.383 e. The number of carbonyl (C=O) groups is 2. The van der Waals surface area contributed by atoms with Crippen LogP contribution in [-0.4, -0.2) is 32.0 Å². The summed E-state index contributed by atoms with van der Waals surface area (Å²) in [4.78, 5) is 28.8. The summed E-state index contributed by atoms with van der Waals surface area (Å²) >= 11 is 1.58. The van der Waals surface area contributed by atoms with Crippen molar-refractivity contribution >= 4 is 34.8 Å². The molecule has 1 heterocycles. The molecule has 0 bridgehead atoms. The highest BCUT2D eigenvalue weighted by Gasteiger charge is 2.27. The fourth-order valence-electron chi connectivity index (χ4n) is 3.12. The highest BCUT2D eigenvalue weighted by atomic mass is 32.2. The number of hydrogen-bond acceptors (Lipinski definition) is 5. The van der Waals surface area contributed by atoms with Crippen LogP contribution >= 0.6 is 11.8 Å². The van der Waals surface area contributed by atoms with Crippen molar-refractivity contribution in [2.75, 3.05) is 30.1 Å². The summed E-state index contributed by atoms with van der Waals surface area (Å²) in [5.74, 6) is -0.0178. The van der Waals surface area contributed by atoms with Crippen molar-refractivity contribution in [1.82, 2.24) is 0 Å². The lowest BCUT2D eigenvalue weighted by Crippen LogP contribution is -2.31.